The van der Waals surface area contributed by atoms with Crippen LogP contribution in [0.1, 0.15) is 16.7 Å². The van der Waals surface area contributed by atoms with Gasteiger partial charge in [-0.3, -0.25) is 0 Å². The van der Waals surface area contributed by atoms with Gasteiger partial charge in [0.2, 0.25) is 0 Å². The zero-order valence-electron chi connectivity index (χ0n) is 7.02. The van der Waals surface area contributed by atoms with Crippen molar-refractivity contribution in [2.24, 2.45) is 0 Å². The Morgan fingerprint density at radius 2 is 1.73 bits per heavy atom. The van der Waals surface area contributed by atoms with Crippen molar-refractivity contribution in [2.75, 3.05) is 0 Å². The minimum absolute atomic E-state index is 0. The summed E-state index contributed by atoms with van der Waals surface area (Å²) in [7, 11) is 0. The first-order chi connectivity index (χ1) is 4.20. The van der Waals surface area contributed by atoms with Crippen molar-refractivity contribution >= 4 is 23.1 Å². The van der Waals surface area contributed by atoms with E-state index in [2.05, 4.69) is 39.0 Å². The molecular weight excluding hydrogens is 168 g/mol. The summed E-state index contributed by atoms with van der Waals surface area (Å²) in [4.78, 5) is 0. The van der Waals surface area contributed by atoms with Crippen molar-refractivity contribution in [3.8, 4) is 0 Å². The molecule has 0 heterocycles. The molecule has 0 aromatic heterocycles. The number of rotatable bonds is 0. The molecule has 0 bridgehead atoms. The van der Waals surface area contributed by atoms with E-state index >= 15 is 0 Å². The SMILES string of the molecule is [CH2-]c1cc(C)ccc1C.[Cl-].[Mg+2]. The molecule has 0 spiro atoms. The Labute approximate surface area is 90.9 Å². The van der Waals surface area contributed by atoms with Crippen LogP contribution in [0.3, 0.4) is 0 Å². The zero-order valence-corrected chi connectivity index (χ0v) is 9.19. The predicted octanol–water partition coefficient (Wildman–Crippen LogP) is -0.891. The first kappa shape index (κ1) is 13.7. The van der Waals surface area contributed by atoms with Crippen LogP contribution in [-0.2, 0) is 0 Å². The van der Waals surface area contributed by atoms with Crippen molar-refractivity contribution in [3.05, 3.63) is 41.8 Å². The van der Waals surface area contributed by atoms with Crippen LogP contribution in [0.5, 0.6) is 0 Å². The Morgan fingerprint density at radius 3 is 2.09 bits per heavy atom. The van der Waals surface area contributed by atoms with Crippen molar-refractivity contribution in [1.29, 1.82) is 0 Å². The summed E-state index contributed by atoms with van der Waals surface area (Å²) in [6, 6.07) is 6.29. The molecule has 11 heavy (non-hydrogen) atoms. The Balaban J connectivity index is 0. The van der Waals surface area contributed by atoms with Gasteiger partial charge in [0.25, 0.3) is 0 Å². The van der Waals surface area contributed by atoms with Crippen LogP contribution in [0.2, 0.25) is 0 Å². The van der Waals surface area contributed by atoms with Gasteiger partial charge in [0, 0.05) is 0 Å². The number of hydrogen-bond acceptors (Lipinski definition) is 0. The van der Waals surface area contributed by atoms with E-state index in [-0.39, 0.29) is 35.5 Å². The fraction of sp³-hybridized carbons (Fsp3) is 0.222. The molecule has 0 radical (unpaired) electrons. The summed E-state index contributed by atoms with van der Waals surface area (Å²) >= 11 is 0. The summed E-state index contributed by atoms with van der Waals surface area (Å²) in [6.07, 6.45) is 0. The second-order valence-electron chi connectivity index (χ2n) is 2.43. The summed E-state index contributed by atoms with van der Waals surface area (Å²) in [5.74, 6) is 0. The number of halogens is 1. The van der Waals surface area contributed by atoms with Gasteiger partial charge in [-0.2, -0.15) is 24.1 Å². The van der Waals surface area contributed by atoms with E-state index in [1.165, 1.54) is 11.1 Å². The minimum atomic E-state index is 0. The van der Waals surface area contributed by atoms with Gasteiger partial charge < -0.3 is 12.4 Å². The van der Waals surface area contributed by atoms with Crippen LogP contribution in [0.25, 0.3) is 0 Å². The van der Waals surface area contributed by atoms with Gasteiger partial charge in [-0.15, -0.1) is 11.6 Å². The monoisotopic (exact) mass is 178 g/mol. The first-order valence-corrected chi connectivity index (χ1v) is 3.09. The molecule has 0 aliphatic rings. The third kappa shape index (κ3) is 3.90. The summed E-state index contributed by atoms with van der Waals surface area (Å²) in [6.45, 7) is 8.03. The molecule has 1 rings (SSSR count). The first-order valence-electron chi connectivity index (χ1n) is 3.09. The van der Waals surface area contributed by atoms with E-state index in [9.17, 15) is 0 Å². The molecule has 0 saturated carbocycles. The van der Waals surface area contributed by atoms with Crippen LogP contribution in [0.4, 0.5) is 0 Å². The average molecular weight is 179 g/mol. The fourth-order valence-corrected chi connectivity index (χ4v) is 0.800. The van der Waals surface area contributed by atoms with Crippen LogP contribution >= 0.6 is 0 Å². The summed E-state index contributed by atoms with van der Waals surface area (Å²) in [5.41, 5.74) is 3.68. The van der Waals surface area contributed by atoms with Gasteiger partial charge in [-0.25, -0.2) is 0 Å². The van der Waals surface area contributed by atoms with E-state index in [1.54, 1.807) is 0 Å². The van der Waals surface area contributed by atoms with E-state index in [1.807, 2.05) is 0 Å². The predicted molar refractivity (Wildman–Crippen MR) is 46.1 cm³/mol. The molecule has 2 heteroatoms. The Bertz CT molecular complexity index is 221. The third-order valence-corrected chi connectivity index (χ3v) is 1.50. The van der Waals surface area contributed by atoms with E-state index in [4.69, 9.17) is 0 Å². The molecule has 0 saturated heterocycles. The maximum Gasteiger partial charge on any atom is 2.00 e. The Hall–Kier alpha value is 0.146. The molecule has 1 aromatic carbocycles. The van der Waals surface area contributed by atoms with Crippen LogP contribution in [-0.4, -0.2) is 23.1 Å². The number of hydrogen-bond donors (Lipinski definition) is 0. The van der Waals surface area contributed by atoms with Gasteiger partial charge in [0.05, 0.1) is 0 Å². The molecule has 0 N–H and O–H groups in total. The second-order valence-corrected chi connectivity index (χ2v) is 2.43. The van der Waals surface area contributed by atoms with Crippen LogP contribution in [0, 0.1) is 20.8 Å². The van der Waals surface area contributed by atoms with Crippen molar-refractivity contribution < 1.29 is 12.4 Å². The molecule has 0 atom stereocenters. The third-order valence-electron chi connectivity index (χ3n) is 1.50. The number of benzene rings is 1. The largest absolute Gasteiger partial charge is 2.00 e. The van der Waals surface area contributed by atoms with E-state index in [0.29, 0.717) is 0 Å². The number of aryl methyl sites for hydroxylation is 2. The summed E-state index contributed by atoms with van der Waals surface area (Å²) in [5, 5.41) is 0. The van der Waals surface area contributed by atoms with Crippen molar-refractivity contribution in [2.45, 2.75) is 13.8 Å². The van der Waals surface area contributed by atoms with Crippen LogP contribution < -0.4 is 12.4 Å². The molecule has 0 nitrogen and oxygen atoms in total. The maximum absolute atomic E-state index is 3.88. The molecule has 0 fully saturated rings. The Kier molecular flexibility index (Phi) is 7.17. The van der Waals surface area contributed by atoms with Gasteiger partial charge >= 0.3 is 23.1 Å². The smallest absolute Gasteiger partial charge is 1.00 e. The van der Waals surface area contributed by atoms with Gasteiger partial charge in [-0.1, -0.05) is 19.9 Å². The fourth-order valence-electron chi connectivity index (χ4n) is 0.800. The molecule has 0 unspecified atom stereocenters. The average Bonchev–Trinajstić information content (AvgIpc) is 1.80. The molecule has 1 aromatic rings. The summed E-state index contributed by atoms with van der Waals surface area (Å²) < 4.78 is 0. The van der Waals surface area contributed by atoms with Crippen molar-refractivity contribution in [3.63, 3.8) is 0 Å². The zero-order chi connectivity index (χ0) is 6.85. The normalized spacial score (nSPS) is 7.82. The molecule has 56 valence electrons. The van der Waals surface area contributed by atoms with E-state index in [0.717, 1.165) is 5.56 Å². The molecular formula is C9H11ClMg. The van der Waals surface area contributed by atoms with Gasteiger partial charge in [0.1, 0.15) is 0 Å². The molecule has 0 amide bonds. The molecule has 0 aliphatic heterocycles. The molecule has 0 aliphatic carbocycles. The Morgan fingerprint density at radius 1 is 1.18 bits per heavy atom. The van der Waals surface area contributed by atoms with E-state index < -0.39 is 0 Å². The minimum Gasteiger partial charge on any atom is -1.00 e. The van der Waals surface area contributed by atoms with Gasteiger partial charge in [0.15, 0.2) is 0 Å². The second kappa shape index (κ2) is 5.75. The standard InChI is InChI=1S/C9H11.ClH.Mg/c1-7-4-5-8(2)9(3)6-7;;/h4-6H,3H2,1-2H3;1H;/q-1;;+2/p-1. The maximum atomic E-state index is 3.88. The van der Waals surface area contributed by atoms with Crippen molar-refractivity contribution in [1.82, 2.24) is 0 Å². The van der Waals surface area contributed by atoms with Gasteiger partial charge in [-0.05, 0) is 0 Å². The quantitative estimate of drug-likeness (QED) is 0.358. The topological polar surface area (TPSA) is 0 Å². The van der Waals surface area contributed by atoms with Crippen LogP contribution in [0.15, 0.2) is 18.2 Å².